The second-order valence-electron chi connectivity index (χ2n) is 5.24. The zero-order chi connectivity index (χ0) is 15.2. The summed E-state index contributed by atoms with van der Waals surface area (Å²) in [5.41, 5.74) is 0.0255. The summed E-state index contributed by atoms with van der Waals surface area (Å²) in [5, 5.41) is 14.3. The average Bonchev–Trinajstić information content (AvgIpc) is 2.97. The maximum Gasteiger partial charge on any atom is 0.311 e. The van der Waals surface area contributed by atoms with Gasteiger partial charge in [-0.1, -0.05) is 6.92 Å². The third kappa shape index (κ3) is 4.04. The molecule has 1 unspecified atom stereocenters. The number of hydrogen-bond acceptors (Lipinski definition) is 6. The maximum atomic E-state index is 11.2. The Morgan fingerprint density at radius 3 is 3.00 bits per heavy atom. The molecule has 1 saturated heterocycles. The van der Waals surface area contributed by atoms with Gasteiger partial charge < -0.3 is 15.0 Å². The number of nitrogens with one attached hydrogen (secondary N) is 1. The molecule has 1 aromatic rings. The lowest BCUT2D eigenvalue weighted by Crippen LogP contribution is -2.29. The standard InChI is InChI=1S/C14H22N4O3/c1-3-8-15-13-7-6-12(18(19)20)14(16-13)17(2)10-11-5-4-9-21-11/h6-7,11H,3-5,8-10H2,1-2H3,(H,15,16). The van der Waals surface area contributed by atoms with Gasteiger partial charge in [0, 0.05) is 32.8 Å². The second-order valence-corrected chi connectivity index (χ2v) is 5.24. The second kappa shape index (κ2) is 7.21. The molecule has 0 spiro atoms. The minimum Gasteiger partial charge on any atom is -0.376 e. The van der Waals surface area contributed by atoms with Crippen molar-refractivity contribution >= 4 is 17.3 Å². The Labute approximate surface area is 124 Å². The third-order valence-electron chi connectivity index (χ3n) is 3.47. The van der Waals surface area contributed by atoms with Gasteiger partial charge in [-0.25, -0.2) is 4.98 Å². The molecule has 1 fully saturated rings. The number of anilines is 2. The van der Waals surface area contributed by atoms with E-state index in [0.29, 0.717) is 18.2 Å². The molecule has 0 radical (unpaired) electrons. The molecule has 7 nitrogen and oxygen atoms in total. The third-order valence-corrected chi connectivity index (χ3v) is 3.47. The van der Waals surface area contributed by atoms with Gasteiger partial charge in [-0.3, -0.25) is 10.1 Å². The van der Waals surface area contributed by atoms with Crippen LogP contribution in [0.15, 0.2) is 12.1 Å². The van der Waals surface area contributed by atoms with Crippen molar-refractivity contribution < 1.29 is 9.66 Å². The first kappa shape index (κ1) is 15.5. The van der Waals surface area contributed by atoms with Crippen LogP contribution in [0.25, 0.3) is 0 Å². The average molecular weight is 294 g/mol. The highest BCUT2D eigenvalue weighted by Gasteiger charge is 2.24. The number of nitrogens with zero attached hydrogens (tertiary/aromatic N) is 3. The highest BCUT2D eigenvalue weighted by molar-refractivity contribution is 5.61. The van der Waals surface area contributed by atoms with E-state index >= 15 is 0 Å². The van der Waals surface area contributed by atoms with Crippen LogP contribution in [0, 0.1) is 10.1 Å². The van der Waals surface area contributed by atoms with E-state index in [1.54, 1.807) is 6.07 Å². The topological polar surface area (TPSA) is 80.5 Å². The largest absolute Gasteiger partial charge is 0.376 e. The number of likely N-dealkylation sites (N-methyl/N-ethyl adjacent to an activating group) is 1. The van der Waals surface area contributed by atoms with Crippen LogP contribution in [0.1, 0.15) is 26.2 Å². The Hall–Kier alpha value is -1.89. The van der Waals surface area contributed by atoms with Crippen LogP contribution in [0.3, 0.4) is 0 Å². The number of pyridine rings is 1. The van der Waals surface area contributed by atoms with E-state index in [1.807, 2.05) is 11.9 Å². The van der Waals surface area contributed by atoms with E-state index in [-0.39, 0.29) is 11.8 Å². The lowest BCUT2D eigenvalue weighted by atomic mass is 10.2. The number of ether oxygens (including phenoxy) is 1. The molecule has 116 valence electrons. The molecule has 1 aliphatic heterocycles. The van der Waals surface area contributed by atoms with Gasteiger partial charge in [0.15, 0.2) is 0 Å². The lowest BCUT2D eigenvalue weighted by Gasteiger charge is -2.22. The molecule has 7 heteroatoms. The fourth-order valence-electron chi connectivity index (χ4n) is 2.40. The Morgan fingerprint density at radius 1 is 1.57 bits per heavy atom. The zero-order valence-corrected chi connectivity index (χ0v) is 12.5. The van der Waals surface area contributed by atoms with E-state index in [0.717, 1.165) is 32.4 Å². The molecule has 0 bridgehead atoms. The molecule has 0 amide bonds. The van der Waals surface area contributed by atoms with Crippen LogP contribution < -0.4 is 10.2 Å². The Morgan fingerprint density at radius 2 is 2.38 bits per heavy atom. The van der Waals surface area contributed by atoms with Crippen LogP contribution in [0.5, 0.6) is 0 Å². The maximum absolute atomic E-state index is 11.2. The summed E-state index contributed by atoms with van der Waals surface area (Å²) < 4.78 is 5.59. The summed E-state index contributed by atoms with van der Waals surface area (Å²) >= 11 is 0. The Balaban J connectivity index is 2.17. The summed E-state index contributed by atoms with van der Waals surface area (Å²) in [5.74, 6) is 1.05. The van der Waals surface area contributed by atoms with Crippen LogP contribution in [0.4, 0.5) is 17.3 Å². The first-order chi connectivity index (χ1) is 10.1. The van der Waals surface area contributed by atoms with Crippen molar-refractivity contribution in [2.75, 3.05) is 37.0 Å². The Kier molecular flexibility index (Phi) is 5.32. The van der Waals surface area contributed by atoms with E-state index in [9.17, 15) is 10.1 Å². The van der Waals surface area contributed by atoms with Crippen molar-refractivity contribution in [1.82, 2.24) is 4.98 Å². The van der Waals surface area contributed by atoms with Crippen LogP contribution in [-0.2, 0) is 4.74 Å². The molecular weight excluding hydrogens is 272 g/mol. The fraction of sp³-hybridized carbons (Fsp3) is 0.643. The molecule has 21 heavy (non-hydrogen) atoms. The van der Waals surface area contributed by atoms with Crippen molar-refractivity contribution in [2.45, 2.75) is 32.3 Å². The lowest BCUT2D eigenvalue weighted by molar-refractivity contribution is -0.384. The van der Waals surface area contributed by atoms with Crippen molar-refractivity contribution in [1.29, 1.82) is 0 Å². The van der Waals surface area contributed by atoms with Crippen LogP contribution >= 0.6 is 0 Å². The zero-order valence-electron chi connectivity index (χ0n) is 12.5. The highest BCUT2D eigenvalue weighted by Crippen LogP contribution is 2.28. The number of rotatable bonds is 7. The molecular formula is C14H22N4O3. The van der Waals surface area contributed by atoms with Gasteiger partial charge >= 0.3 is 5.69 Å². The molecule has 0 aromatic carbocycles. The fourth-order valence-corrected chi connectivity index (χ4v) is 2.40. The normalized spacial score (nSPS) is 17.7. The van der Waals surface area contributed by atoms with Crippen molar-refractivity contribution in [3.63, 3.8) is 0 Å². The van der Waals surface area contributed by atoms with E-state index in [4.69, 9.17) is 4.74 Å². The van der Waals surface area contributed by atoms with E-state index in [1.165, 1.54) is 6.07 Å². The minimum absolute atomic E-state index is 0.0255. The molecule has 2 heterocycles. The van der Waals surface area contributed by atoms with Gasteiger partial charge in [-0.15, -0.1) is 0 Å². The van der Waals surface area contributed by atoms with E-state index < -0.39 is 4.92 Å². The smallest absolute Gasteiger partial charge is 0.311 e. The predicted molar refractivity (Wildman–Crippen MR) is 81.9 cm³/mol. The van der Waals surface area contributed by atoms with Crippen molar-refractivity contribution in [2.24, 2.45) is 0 Å². The van der Waals surface area contributed by atoms with Gasteiger partial charge in [-0.05, 0) is 25.3 Å². The molecule has 0 saturated carbocycles. The highest BCUT2D eigenvalue weighted by atomic mass is 16.6. The van der Waals surface area contributed by atoms with Gasteiger partial charge in [-0.2, -0.15) is 0 Å². The summed E-state index contributed by atoms with van der Waals surface area (Å²) in [6.45, 7) is 4.24. The first-order valence-electron chi connectivity index (χ1n) is 7.34. The SMILES string of the molecule is CCCNc1ccc([N+](=O)[O-])c(N(C)CC2CCCO2)n1. The van der Waals surface area contributed by atoms with E-state index in [2.05, 4.69) is 17.2 Å². The van der Waals surface area contributed by atoms with Crippen molar-refractivity contribution in [3.8, 4) is 0 Å². The molecule has 1 atom stereocenters. The summed E-state index contributed by atoms with van der Waals surface area (Å²) in [7, 11) is 1.82. The molecule has 1 aliphatic rings. The number of hydrogen-bond donors (Lipinski definition) is 1. The van der Waals surface area contributed by atoms with Crippen molar-refractivity contribution in [3.05, 3.63) is 22.2 Å². The number of nitro groups is 1. The van der Waals surface area contributed by atoms with Gasteiger partial charge in [0.2, 0.25) is 5.82 Å². The monoisotopic (exact) mass is 294 g/mol. The minimum atomic E-state index is -0.391. The predicted octanol–water partition coefficient (Wildman–Crippen LogP) is 2.43. The quantitative estimate of drug-likeness (QED) is 0.614. The first-order valence-corrected chi connectivity index (χ1v) is 7.34. The Bertz CT molecular complexity index is 489. The summed E-state index contributed by atoms with van der Waals surface area (Å²) in [4.78, 5) is 17.0. The van der Waals surface area contributed by atoms with Crippen LogP contribution in [0.2, 0.25) is 0 Å². The van der Waals surface area contributed by atoms with Gasteiger partial charge in [0.25, 0.3) is 0 Å². The summed E-state index contributed by atoms with van der Waals surface area (Å²) in [6.07, 6.45) is 3.14. The molecule has 1 aromatic heterocycles. The molecule has 2 rings (SSSR count). The molecule has 1 N–H and O–H groups in total. The van der Waals surface area contributed by atoms with Crippen LogP contribution in [-0.4, -0.2) is 42.8 Å². The molecule has 0 aliphatic carbocycles. The number of aromatic nitrogens is 1. The van der Waals surface area contributed by atoms with Gasteiger partial charge in [0.1, 0.15) is 5.82 Å². The van der Waals surface area contributed by atoms with Gasteiger partial charge in [0.05, 0.1) is 11.0 Å². The summed E-state index contributed by atoms with van der Waals surface area (Å²) in [6, 6.07) is 3.16.